The molecule has 0 aromatic heterocycles. The predicted molar refractivity (Wildman–Crippen MR) is 77.8 cm³/mol. The molecule has 124 valence electrons. The number of nitrogens with one attached hydrogen (secondary N) is 1. The number of carbonyl (C=O) groups is 1. The van der Waals surface area contributed by atoms with E-state index in [0.717, 1.165) is 12.7 Å². The standard InChI is InChI=1S/C11H22N2O6S2/c1-20(16,17)12-8-10-4-2-6-13(9-10)21(18,19)7-3-5-11(14)15/h10,12H,2-9H2,1H3,(H,14,15). The van der Waals surface area contributed by atoms with E-state index in [1.165, 1.54) is 4.31 Å². The summed E-state index contributed by atoms with van der Waals surface area (Å²) in [6.07, 6.45) is 2.42. The number of hydrogen-bond donors (Lipinski definition) is 2. The summed E-state index contributed by atoms with van der Waals surface area (Å²) in [7, 11) is -6.76. The maximum absolute atomic E-state index is 12.1. The molecular weight excluding hydrogens is 320 g/mol. The van der Waals surface area contributed by atoms with Crippen LogP contribution in [0.4, 0.5) is 0 Å². The molecule has 8 nitrogen and oxygen atoms in total. The van der Waals surface area contributed by atoms with Crippen LogP contribution in [0.15, 0.2) is 0 Å². The molecule has 10 heteroatoms. The number of rotatable bonds is 8. The number of carboxylic acids is 1. The van der Waals surface area contributed by atoms with Crippen molar-refractivity contribution < 1.29 is 26.7 Å². The van der Waals surface area contributed by atoms with Crippen molar-refractivity contribution in [2.75, 3.05) is 31.6 Å². The van der Waals surface area contributed by atoms with Crippen LogP contribution in [0.5, 0.6) is 0 Å². The summed E-state index contributed by atoms with van der Waals surface area (Å²) in [5, 5.41) is 8.54. The lowest BCUT2D eigenvalue weighted by atomic mass is 10.0. The van der Waals surface area contributed by atoms with E-state index in [0.29, 0.717) is 13.0 Å². The molecule has 0 aromatic rings. The Morgan fingerprint density at radius 3 is 2.57 bits per heavy atom. The Kier molecular flexibility index (Phi) is 6.57. The van der Waals surface area contributed by atoms with Crippen LogP contribution in [-0.2, 0) is 24.8 Å². The highest BCUT2D eigenvalue weighted by Crippen LogP contribution is 2.19. The van der Waals surface area contributed by atoms with E-state index >= 15 is 0 Å². The second-order valence-electron chi connectivity index (χ2n) is 5.30. The van der Waals surface area contributed by atoms with Crippen molar-refractivity contribution in [3.8, 4) is 0 Å². The molecule has 0 saturated carbocycles. The van der Waals surface area contributed by atoms with Gasteiger partial charge in [-0.05, 0) is 25.2 Å². The summed E-state index contributed by atoms with van der Waals surface area (Å²) in [4.78, 5) is 10.4. The Bertz CT molecular complexity index is 557. The first kappa shape index (κ1) is 18.3. The Morgan fingerprint density at radius 1 is 1.33 bits per heavy atom. The van der Waals surface area contributed by atoms with Crippen LogP contribution in [0.25, 0.3) is 0 Å². The van der Waals surface area contributed by atoms with Crippen molar-refractivity contribution in [3.63, 3.8) is 0 Å². The molecule has 21 heavy (non-hydrogen) atoms. The van der Waals surface area contributed by atoms with Crippen molar-refractivity contribution >= 4 is 26.0 Å². The minimum atomic E-state index is -3.47. The smallest absolute Gasteiger partial charge is 0.303 e. The van der Waals surface area contributed by atoms with Crippen LogP contribution < -0.4 is 4.72 Å². The van der Waals surface area contributed by atoms with Gasteiger partial charge >= 0.3 is 5.97 Å². The average Bonchev–Trinajstić information content (AvgIpc) is 2.35. The zero-order valence-corrected chi connectivity index (χ0v) is 13.6. The van der Waals surface area contributed by atoms with Gasteiger partial charge in [-0.2, -0.15) is 0 Å². The lowest BCUT2D eigenvalue weighted by Crippen LogP contribution is -2.44. The van der Waals surface area contributed by atoms with Gasteiger partial charge in [0.15, 0.2) is 0 Å². The van der Waals surface area contributed by atoms with E-state index in [-0.39, 0.29) is 37.6 Å². The second-order valence-corrected chi connectivity index (χ2v) is 9.22. The van der Waals surface area contributed by atoms with Gasteiger partial charge in [0.05, 0.1) is 12.0 Å². The van der Waals surface area contributed by atoms with Gasteiger partial charge in [-0.25, -0.2) is 25.9 Å². The molecule has 0 amide bonds. The molecule has 1 rings (SSSR count). The molecule has 1 saturated heterocycles. The van der Waals surface area contributed by atoms with Gasteiger partial charge < -0.3 is 5.11 Å². The second kappa shape index (κ2) is 7.52. The highest BCUT2D eigenvalue weighted by Gasteiger charge is 2.28. The Morgan fingerprint density at radius 2 is 2.00 bits per heavy atom. The van der Waals surface area contributed by atoms with E-state index in [4.69, 9.17) is 5.11 Å². The van der Waals surface area contributed by atoms with Crippen LogP contribution in [0.2, 0.25) is 0 Å². The Balaban J connectivity index is 2.52. The molecule has 0 bridgehead atoms. The molecule has 1 aliphatic rings. The Labute approximate surface area is 125 Å². The lowest BCUT2D eigenvalue weighted by molar-refractivity contribution is -0.137. The van der Waals surface area contributed by atoms with Gasteiger partial charge in [0, 0.05) is 26.1 Å². The topological polar surface area (TPSA) is 121 Å². The fraction of sp³-hybridized carbons (Fsp3) is 0.909. The van der Waals surface area contributed by atoms with Crippen molar-refractivity contribution in [2.45, 2.75) is 25.7 Å². The fourth-order valence-electron chi connectivity index (χ4n) is 2.25. The van der Waals surface area contributed by atoms with E-state index in [2.05, 4.69) is 4.72 Å². The summed E-state index contributed by atoms with van der Waals surface area (Å²) < 4.78 is 50.1. The van der Waals surface area contributed by atoms with Gasteiger partial charge in [-0.3, -0.25) is 4.79 Å². The molecule has 1 aliphatic heterocycles. The normalized spacial score (nSPS) is 21.3. The number of aliphatic carboxylic acids is 1. The molecule has 2 N–H and O–H groups in total. The highest BCUT2D eigenvalue weighted by molar-refractivity contribution is 7.89. The molecule has 0 aliphatic carbocycles. The molecule has 1 heterocycles. The van der Waals surface area contributed by atoms with E-state index < -0.39 is 26.0 Å². The molecule has 0 radical (unpaired) electrons. The maximum atomic E-state index is 12.1. The van der Waals surface area contributed by atoms with E-state index in [9.17, 15) is 21.6 Å². The third-order valence-corrected chi connectivity index (χ3v) is 5.92. The minimum absolute atomic E-state index is 0.0530. The van der Waals surface area contributed by atoms with Crippen LogP contribution in [-0.4, -0.2) is 63.9 Å². The van der Waals surface area contributed by atoms with Crippen LogP contribution >= 0.6 is 0 Å². The first-order valence-electron chi connectivity index (χ1n) is 6.74. The van der Waals surface area contributed by atoms with Crippen molar-refractivity contribution in [3.05, 3.63) is 0 Å². The van der Waals surface area contributed by atoms with Crippen LogP contribution in [0.3, 0.4) is 0 Å². The third kappa shape index (κ3) is 7.21. The molecule has 0 spiro atoms. The molecule has 1 unspecified atom stereocenters. The summed E-state index contributed by atoms with van der Waals surface area (Å²) in [5.41, 5.74) is 0. The van der Waals surface area contributed by atoms with Gasteiger partial charge in [0.25, 0.3) is 0 Å². The van der Waals surface area contributed by atoms with Crippen LogP contribution in [0.1, 0.15) is 25.7 Å². The molecule has 0 aromatic carbocycles. The number of nitrogens with zero attached hydrogens (tertiary/aromatic N) is 1. The lowest BCUT2D eigenvalue weighted by Gasteiger charge is -2.31. The fourth-order valence-corrected chi connectivity index (χ4v) is 4.40. The van der Waals surface area contributed by atoms with Crippen molar-refractivity contribution in [2.24, 2.45) is 5.92 Å². The van der Waals surface area contributed by atoms with Crippen molar-refractivity contribution in [1.82, 2.24) is 9.03 Å². The zero-order chi connectivity index (χ0) is 16.1. The summed E-state index contributed by atoms with van der Waals surface area (Å²) in [6, 6.07) is 0. The largest absolute Gasteiger partial charge is 0.481 e. The molecular formula is C11H22N2O6S2. The SMILES string of the molecule is CS(=O)(=O)NCC1CCCN(S(=O)(=O)CCCC(=O)O)C1. The highest BCUT2D eigenvalue weighted by atomic mass is 32.2. The van der Waals surface area contributed by atoms with E-state index in [1.54, 1.807) is 0 Å². The Hall–Kier alpha value is -0.710. The third-order valence-electron chi connectivity index (χ3n) is 3.30. The number of carboxylic acid groups (broad SMARTS) is 1. The quantitative estimate of drug-likeness (QED) is 0.610. The summed E-state index contributed by atoms with van der Waals surface area (Å²) in [6.45, 7) is 0.905. The van der Waals surface area contributed by atoms with E-state index in [1.807, 2.05) is 0 Å². The molecule has 1 fully saturated rings. The monoisotopic (exact) mass is 342 g/mol. The van der Waals surface area contributed by atoms with Gasteiger partial charge in [-0.1, -0.05) is 0 Å². The minimum Gasteiger partial charge on any atom is -0.481 e. The van der Waals surface area contributed by atoms with Gasteiger partial charge in [-0.15, -0.1) is 0 Å². The average molecular weight is 342 g/mol. The van der Waals surface area contributed by atoms with Crippen molar-refractivity contribution in [1.29, 1.82) is 0 Å². The first-order valence-corrected chi connectivity index (χ1v) is 10.2. The van der Waals surface area contributed by atoms with Crippen LogP contribution in [0, 0.1) is 5.92 Å². The number of hydrogen-bond acceptors (Lipinski definition) is 5. The van der Waals surface area contributed by atoms with Gasteiger partial charge in [0.1, 0.15) is 0 Å². The summed E-state index contributed by atoms with van der Waals surface area (Å²) >= 11 is 0. The predicted octanol–water partition coefficient (Wildman–Crippen LogP) is -0.558. The zero-order valence-electron chi connectivity index (χ0n) is 12.0. The summed E-state index contributed by atoms with van der Waals surface area (Å²) in [5.74, 6) is -1.26. The maximum Gasteiger partial charge on any atom is 0.303 e. The molecule has 1 atom stereocenters. The van der Waals surface area contributed by atoms with Gasteiger partial charge in [0.2, 0.25) is 20.0 Å². The number of sulfonamides is 2. The number of piperidine rings is 1. The first-order chi connectivity index (χ1) is 9.60.